The van der Waals surface area contributed by atoms with Crippen molar-refractivity contribution in [3.05, 3.63) is 81.3 Å². The van der Waals surface area contributed by atoms with Crippen molar-refractivity contribution < 1.29 is 22.4 Å². The molecule has 0 saturated heterocycles. The minimum absolute atomic E-state index is 0.000122. The van der Waals surface area contributed by atoms with Crippen molar-refractivity contribution in [1.82, 2.24) is 14.6 Å². The fourth-order valence-electron chi connectivity index (χ4n) is 3.37. The standard InChI is InChI=1S/C23H16N4O6S2/c1-13(28)32-19-5-3-2-4-17(19)21-25-23-27(26-21)22(29)20(34-23)12-15-8-11-18(33-15)14-6-9-16(10-7-14)35(24,30)31/h2-12H,1H3,(H2,24,30,31)/b20-12-. The summed E-state index contributed by atoms with van der Waals surface area (Å²) in [6.45, 7) is 1.30. The van der Waals surface area contributed by atoms with Gasteiger partial charge in [-0.3, -0.25) is 9.59 Å². The minimum atomic E-state index is -3.78. The molecule has 0 spiro atoms. The second kappa shape index (κ2) is 8.58. The Morgan fingerprint density at radius 2 is 1.86 bits per heavy atom. The number of fused-ring (bicyclic) bond motifs is 1. The van der Waals surface area contributed by atoms with Crippen molar-refractivity contribution in [3.63, 3.8) is 0 Å². The molecule has 0 atom stereocenters. The highest BCUT2D eigenvalue weighted by atomic mass is 32.2. The molecule has 0 aliphatic heterocycles. The number of hydrogen-bond donors (Lipinski definition) is 1. The van der Waals surface area contributed by atoms with Crippen molar-refractivity contribution in [1.29, 1.82) is 0 Å². The van der Waals surface area contributed by atoms with Crippen LogP contribution in [0.2, 0.25) is 0 Å². The van der Waals surface area contributed by atoms with Gasteiger partial charge in [-0.05, 0) is 48.5 Å². The van der Waals surface area contributed by atoms with Gasteiger partial charge in [-0.1, -0.05) is 23.5 Å². The third-order valence-electron chi connectivity index (χ3n) is 4.93. The normalized spacial score (nSPS) is 12.3. The molecular formula is C23H16N4O6S2. The third-order valence-corrected chi connectivity index (χ3v) is 6.82. The Morgan fingerprint density at radius 3 is 2.54 bits per heavy atom. The molecule has 12 heteroatoms. The monoisotopic (exact) mass is 508 g/mol. The maximum absolute atomic E-state index is 12.9. The summed E-state index contributed by atoms with van der Waals surface area (Å²) < 4.78 is 35.4. The average Bonchev–Trinajstić information content (AvgIpc) is 3.51. The van der Waals surface area contributed by atoms with Gasteiger partial charge in [-0.15, -0.1) is 5.10 Å². The molecule has 3 aromatic heterocycles. The Bertz CT molecular complexity index is 1800. The summed E-state index contributed by atoms with van der Waals surface area (Å²) in [5.41, 5.74) is 0.773. The number of thiazole rings is 1. The Kier molecular flexibility index (Phi) is 5.55. The van der Waals surface area contributed by atoms with Gasteiger partial charge in [0.15, 0.2) is 5.82 Å². The van der Waals surface area contributed by atoms with Crippen LogP contribution in [0.25, 0.3) is 33.7 Å². The lowest BCUT2D eigenvalue weighted by atomic mass is 10.2. The SMILES string of the molecule is CC(=O)Oc1ccccc1-c1nc2s/c(=C\c3ccc(-c4ccc(S(N)(=O)=O)cc4)o3)c(=O)n2n1. The summed E-state index contributed by atoms with van der Waals surface area (Å²) in [6, 6.07) is 16.2. The zero-order valence-electron chi connectivity index (χ0n) is 18.0. The first-order valence-corrected chi connectivity index (χ1v) is 12.5. The molecule has 0 radical (unpaired) electrons. The van der Waals surface area contributed by atoms with Gasteiger partial charge in [0, 0.05) is 18.6 Å². The van der Waals surface area contributed by atoms with Crippen LogP contribution < -0.4 is 20.0 Å². The van der Waals surface area contributed by atoms with E-state index in [1.54, 1.807) is 54.6 Å². The molecule has 0 aliphatic carbocycles. The van der Waals surface area contributed by atoms with Crippen molar-refractivity contribution >= 4 is 38.4 Å². The Labute approximate surface area is 202 Å². The lowest BCUT2D eigenvalue weighted by molar-refractivity contribution is -0.131. The summed E-state index contributed by atoms with van der Waals surface area (Å²) in [6.07, 6.45) is 1.58. The molecular weight excluding hydrogens is 492 g/mol. The van der Waals surface area contributed by atoms with E-state index in [1.807, 2.05) is 0 Å². The van der Waals surface area contributed by atoms with Crippen LogP contribution in [0, 0.1) is 0 Å². The van der Waals surface area contributed by atoms with Crippen LogP contribution in [0.1, 0.15) is 12.7 Å². The zero-order valence-corrected chi connectivity index (χ0v) is 19.7. The molecule has 35 heavy (non-hydrogen) atoms. The van der Waals surface area contributed by atoms with E-state index < -0.39 is 16.0 Å². The second-order valence-corrected chi connectivity index (χ2v) is 9.98. The van der Waals surface area contributed by atoms with Crippen LogP contribution in [0.5, 0.6) is 5.75 Å². The summed E-state index contributed by atoms with van der Waals surface area (Å²) in [7, 11) is -3.78. The number of primary sulfonamides is 1. The van der Waals surface area contributed by atoms with Crippen LogP contribution >= 0.6 is 11.3 Å². The van der Waals surface area contributed by atoms with Gasteiger partial charge < -0.3 is 9.15 Å². The van der Waals surface area contributed by atoms with E-state index in [1.165, 1.54) is 23.6 Å². The number of nitrogens with two attached hydrogens (primary N) is 1. The smallest absolute Gasteiger partial charge is 0.308 e. The lowest BCUT2D eigenvalue weighted by Gasteiger charge is -2.04. The van der Waals surface area contributed by atoms with E-state index in [2.05, 4.69) is 10.1 Å². The van der Waals surface area contributed by atoms with Gasteiger partial charge in [0.2, 0.25) is 15.0 Å². The third kappa shape index (κ3) is 4.49. The number of nitrogens with zero attached hydrogens (tertiary/aromatic N) is 3. The van der Waals surface area contributed by atoms with E-state index in [0.29, 0.717) is 37.9 Å². The van der Waals surface area contributed by atoms with Gasteiger partial charge in [0.25, 0.3) is 5.56 Å². The van der Waals surface area contributed by atoms with Gasteiger partial charge >= 0.3 is 5.97 Å². The fraction of sp³-hybridized carbons (Fsp3) is 0.0435. The number of benzene rings is 2. The molecule has 5 aromatic rings. The number of para-hydroxylation sites is 1. The summed E-state index contributed by atoms with van der Waals surface area (Å²) in [5.74, 6) is 1.02. The van der Waals surface area contributed by atoms with Crippen LogP contribution in [0.3, 0.4) is 0 Å². The second-order valence-electron chi connectivity index (χ2n) is 7.41. The topological polar surface area (TPSA) is 147 Å². The van der Waals surface area contributed by atoms with E-state index in [0.717, 1.165) is 11.3 Å². The number of rotatable bonds is 5. The molecule has 2 N–H and O–H groups in total. The number of sulfonamides is 1. The quantitative estimate of drug-likeness (QED) is 0.281. The number of hydrogen-bond acceptors (Lipinski definition) is 9. The minimum Gasteiger partial charge on any atom is -0.457 e. The van der Waals surface area contributed by atoms with Crippen molar-refractivity contribution in [2.75, 3.05) is 0 Å². The summed E-state index contributed by atoms with van der Waals surface area (Å²) >= 11 is 1.14. The zero-order chi connectivity index (χ0) is 24.7. The largest absolute Gasteiger partial charge is 0.457 e. The molecule has 0 saturated carbocycles. The lowest BCUT2D eigenvalue weighted by Crippen LogP contribution is -2.23. The first kappa shape index (κ1) is 22.7. The summed E-state index contributed by atoms with van der Waals surface area (Å²) in [5, 5.41) is 9.42. The highest BCUT2D eigenvalue weighted by Crippen LogP contribution is 2.28. The Hall–Kier alpha value is -4.13. The molecule has 2 aromatic carbocycles. The predicted octanol–water partition coefficient (Wildman–Crippen LogP) is 2.20. The van der Waals surface area contributed by atoms with Crippen molar-refractivity contribution in [3.8, 4) is 28.5 Å². The van der Waals surface area contributed by atoms with E-state index in [9.17, 15) is 18.0 Å². The molecule has 3 heterocycles. The molecule has 0 bridgehead atoms. The van der Waals surface area contributed by atoms with Gasteiger partial charge in [0.1, 0.15) is 21.8 Å². The number of carbonyl (C=O) groups excluding carboxylic acids is 1. The van der Waals surface area contributed by atoms with Crippen LogP contribution in [-0.2, 0) is 14.8 Å². The fourth-order valence-corrected chi connectivity index (χ4v) is 4.77. The number of aromatic nitrogens is 3. The number of furan rings is 1. The van der Waals surface area contributed by atoms with Crippen LogP contribution in [-0.4, -0.2) is 29.0 Å². The predicted molar refractivity (Wildman–Crippen MR) is 128 cm³/mol. The average molecular weight is 509 g/mol. The maximum atomic E-state index is 12.9. The summed E-state index contributed by atoms with van der Waals surface area (Å²) in [4.78, 5) is 29.1. The Balaban J connectivity index is 1.47. The van der Waals surface area contributed by atoms with Gasteiger partial charge in [0.05, 0.1) is 10.5 Å². The van der Waals surface area contributed by atoms with E-state index in [-0.39, 0.29) is 16.3 Å². The maximum Gasteiger partial charge on any atom is 0.308 e. The Morgan fingerprint density at radius 1 is 1.11 bits per heavy atom. The molecule has 5 rings (SSSR count). The first-order chi connectivity index (χ1) is 16.7. The number of carbonyl (C=O) groups is 1. The first-order valence-electron chi connectivity index (χ1n) is 10.1. The van der Waals surface area contributed by atoms with Crippen molar-refractivity contribution in [2.24, 2.45) is 5.14 Å². The molecule has 176 valence electrons. The highest BCUT2D eigenvalue weighted by molar-refractivity contribution is 7.89. The molecule has 0 aliphatic rings. The van der Waals surface area contributed by atoms with Crippen molar-refractivity contribution in [2.45, 2.75) is 11.8 Å². The van der Waals surface area contributed by atoms with Gasteiger partial charge in [-0.2, -0.15) is 9.50 Å². The molecule has 0 fully saturated rings. The number of esters is 1. The molecule has 10 nitrogen and oxygen atoms in total. The van der Waals surface area contributed by atoms with E-state index in [4.69, 9.17) is 14.3 Å². The van der Waals surface area contributed by atoms with Crippen LogP contribution in [0.4, 0.5) is 0 Å². The van der Waals surface area contributed by atoms with Crippen LogP contribution in [0.15, 0.2) is 74.8 Å². The molecule has 0 amide bonds. The van der Waals surface area contributed by atoms with E-state index >= 15 is 0 Å². The highest BCUT2D eigenvalue weighted by Gasteiger charge is 2.16. The number of ether oxygens (including phenoxy) is 1. The molecule has 0 unspecified atom stereocenters. The van der Waals surface area contributed by atoms with Gasteiger partial charge in [-0.25, -0.2) is 13.6 Å².